The molecule has 3 rings (SSSR count). The summed E-state index contributed by atoms with van der Waals surface area (Å²) < 4.78 is 20.2. The molecule has 0 atom stereocenters. The third-order valence-corrected chi connectivity index (χ3v) is 3.68. The molecule has 0 aliphatic heterocycles. The Morgan fingerprint density at radius 2 is 2.00 bits per heavy atom. The zero-order valence-corrected chi connectivity index (χ0v) is 14.0. The van der Waals surface area contributed by atoms with Crippen molar-refractivity contribution in [2.45, 2.75) is 0 Å². The number of aromatic nitrogens is 3. The molecule has 2 aromatic carbocycles. The van der Waals surface area contributed by atoms with E-state index in [0.29, 0.717) is 5.56 Å². The van der Waals surface area contributed by atoms with Crippen LogP contribution in [0.4, 0.5) is 4.39 Å². The van der Waals surface area contributed by atoms with Crippen molar-refractivity contribution >= 4 is 24.4 Å². The second kappa shape index (κ2) is 7.18. The first-order valence-electron chi connectivity index (χ1n) is 7.25. The van der Waals surface area contributed by atoms with Crippen LogP contribution in [0.3, 0.4) is 0 Å². The fraction of sp³-hybridized carbons (Fsp3) is 0.0588. The Kier molecular flexibility index (Phi) is 4.80. The van der Waals surface area contributed by atoms with Crippen LogP contribution in [0.2, 0.25) is 0 Å². The second-order valence-corrected chi connectivity index (χ2v) is 5.39. The Labute approximate surface area is 147 Å². The van der Waals surface area contributed by atoms with Gasteiger partial charge in [0.05, 0.1) is 24.5 Å². The first-order valence-corrected chi connectivity index (χ1v) is 7.66. The molecule has 1 aromatic heterocycles. The third kappa shape index (κ3) is 3.53. The van der Waals surface area contributed by atoms with Gasteiger partial charge in [-0.15, -0.1) is 0 Å². The van der Waals surface area contributed by atoms with Crippen LogP contribution < -0.4 is 0 Å². The van der Waals surface area contributed by atoms with Crippen molar-refractivity contribution < 1.29 is 13.9 Å². The zero-order valence-electron chi connectivity index (χ0n) is 13.1. The summed E-state index contributed by atoms with van der Waals surface area (Å²) in [6, 6.07) is 12.9. The highest BCUT2D eigenvalue weighted by Gasteiger charge is 2.12. The summed E-state index contributed by atoms with van der Waals surface area (Å²) in [7, 11) is 1.32. The summed E-state index contributed by atoms with van der Waals surface area (Å²) in [6.45, 7) is 0. The van der Waals surface area contributed by atoms with Crippen molar-refractivity contribution in [1.82, 2.24) is 14.9 Å². The van der Waals surface area contributed by atoms with Crippen molar-refractivity contribution in [3.63, 3.8) is 0 Å². The van der Waals surface area contributed by atoms with E-state index in [1.807, 2.05) is 0 Å². The van der Waals surface area contributed by atoms with Gasteiger partial charge in [0, 0.05) is 0 Å². The molecule has 0 saturated heterocycles. The first-order chi connectivity index (χ1) is 12.1. The molecule has 0 fully saturated rings. The van der Waals surface area contributed by atoms with E-state index in [1.54, 1.807) is 42.5 Å². The van der Waals surface area contributed by atoms with E-state index < -0.39 is 11.8 Å². The number of benzene rings is 2. The second-order valence-electron chi connectivity index (χ2n) is 5.00. The number of aromatic amines is 1. The number of ether oxygens (including phenoxy) is 1. The molecule has 0 spiro atoms. The van der Waals surface area contributed by atoms with E-state index in [1.165, 1.54) is 24.1 Å². The van der Waals surface area contributed by atoms with Gasteiger partial charge in [0.25, 0.3) is 0 Å². The first kappa shape index (κ1) is 16.7. The molecular formula is C17H13FN4O2S. The van der Waals surface area contributed by atoms with Crippen LogP contribution in [-0.2, 0) is 4.74 Å². The standard InChI is InChI=1S/C17H13FN4O2S/c1-24-16(23)12-8-6-11(7-9-12)10-19-22-15(20-21-17(22)25)13-4-2-3-5-14(13)18/h2-10H,1H3,(H,21,25)/b19-10+. The minimum absolute atomic E-state index is 0.237. The quantitative estimate of drug-likeness (QED) is 0.442. The molecule has 0 saturated carbocycles. The van der Waals surface area contributed by atoms with E-state index in [-0.39, 0.29) is 16.2 Å². The number of methoxy groups -OCH3 is 1. The summed E-state index contributed by atoms with van der Waals surface area (Å²) >= 11 is 5.15. The Morgan fingerprint density at radius 1 is 1.28 bits per heavy atom. The van der Waals surface area contributed by atoms with E-state index in [9.17, 15) is 9.18 Å². The van der Waals surface area contributed by atoms with Crippen LogP contribution in [0, 0.1) is 10.6 Å². The van der Waals surface area contributed by atoms with Crippen molar-refractivity contribution in [3.8, 4) is 11.4 Å². The van der Waals surface area contributed by atoms with Gasteiger partial charge < -0.3 is 4.74 Å². The van der Waals surface area contributed by atoms with Crippen LogP contribution >= 0.6 is 12.2 Å². The lowest BCUT2D eigenvalue weighted by Gasteiger charge is -2.02. The molecule has 0 bridgehead atoms. The predicted octanol–water partition coefficient (Wildman–Crippen LogP) is 3.42. The molecule has 0 radical (unpaired) electrons. The molecule has 3 aromatic rings. The molecule has 0 aliphatic rings. The van der Waals surface area contributed by atoms with Gasteiger partial charge in [-0.3, -0.25) is 0 Å². The Hall–Kier alpha value is -3.13. The van der Waals surface area contributed by atoms with E-state index >= 15 is 0 Å². The van der Waals surface area contributed by atoms with Crippen LogP contribution in [0.25, 0.3) is 11.4 Å². The number of rotatable bonds is 4. The topological polar surface area (TPSA) is 72.3 Å². The van der Waals surface area contributed by atoms with Gasteiger partial charge in [-0.25, -0.2) is 14.3 Å². The minimum Gasteiger partial charge on any atom is -0.465 e. The maximum Gasteiger partial charge on any atom is 0.337 e. The summed E-state index contributed by atoms with van der Waals surface area (Å²) in [5.41, 5.74) is 1.45. The average molecular weight is 356 g/mol. The maximum atomic E-state index is 14.0. The zero-order chi connectivity index (χ0) is 17.8. The Bertz CT molecular complexity index is 992. The van der Waals surface area contributed by atoms with Crippen LogP contribution in [0.5, 0.6) is 0 Å². The lowest BCUT2D eigenvalue weighted by Crippen LogP contribution is -2.01. The summed E-state index contributed by atoms with van der Waals surface area (Å²) in [4.78, 5) is 11.4. The van der Waals surface area contributed by atoms with E-state index in [2.05, 4.69) is 20.0 Å². The number of esters is 1. The molecular weight excluding hydrogens is 343 g/mol. The highest BCUT2D eigenvalue weighted by molar-refractivity contribution is 7.71. The summed E-state index contributed by atoms with van der Waals surface area (Å²) in [5.74, 6) is -0.566. The summed E-state index contributed by atoms with van der Waals surface area (Å²) in [5, 5.41) is 10.9. The number of nitrogens with zero attached hydrogens (tertiary/aromatic N) is 3. The number of nitrogens with one attached hydrogen (secondary N) is 1. The lowest BCUT2D eigenvalue weighted by molar-refractivity contribution is 0.0600. The number of carbonyl (C=O) groups excluding carboxylic acids is 1. The smallest absolute Gasteiger partial charge is 0.337 e. The van der Waals surface area contributed by atoms with E-state index in [4.69, 9.17) is 12.2 Å². The van der Waals surface area contributed by atoms with Gasteiger partial charge in [0.15, 0.2) is 5.82 Å². The molecule has 25 heavy (non-hydrogen) atoms. The molecule has 6 nitrogen and oxygen atoms in total. The third-order valence-electron chi connectivity index (χ3n) is 3.42. The van der Waals surface area contributed by atoms with Gasteiger partial charge in [-0.1, -0.05) is 24.3 Å². The largest absolute Gasteiger partial charge is 0.465 e. The molecule has 0 amide bonds. The van der Waals surface area contributed by atoms with Gasteiger partial charge in [-0.2, -0.15) is 14.9 Å². The van der Waals surface area contributed by atoms with Crippen molar-refractivity contribution in [1.29, 1.82) is 0 Å². The van der Waals surface area contributed by atoms with Crippen LogP contribution in [-0.4, -0.2) is 34.2 Å². The maximum absolute atomic E-state index is 14.0. The number of H-pyrrole nitrogens is 1. The van der Waals surface area contributed by atoms with Crippen molar-refractivity contribution in [3.05, 3.63) is 70.2 Å². The van der Waals surface area contributed by atoms with Gasteiger partial charge >= 0.3 is 5.97 Å². The van der Waals surface area contributed by atoms with Gasteiger partial charge in [-0.05, 0) is 42.0 Å². The molecule has 1 N–H and O–H groups in total. The summed E-state index contributed by atoms with van der Waals surface area (Å²) in [6.07, 6.45) is 1.54. The van der Waals surface area contributed by atoms with Crippen LogP contribution in [0.1, 0.15) is 15.9 Å². The Balaban J connectivity index is 1.92. The molecule has 0 aliphatic carbocycles. The fourth-order valence-electron chi connectivity index (χ4n) is 2.16. The number of halogens is 1. The molecule has 0 unspecified atom stereocenters. The minimum atomic E-state index is -0.421. The Morgan fingerprint density at radius 3 is 2.68 bits per heavy atom. The highest BCUT2D eigenvalue weighted by atomic mass is 32.1. The number of carbonyl (C=O) groups is 1. The van der Waals surface area contributed by atoms with Gasteiger partial charge in [0.2, 0.25) is 4.77 Å². The fourth-order valence-corrected chi connectivity index (χ4v) is 2.34. The van der Waals surface area contributed by atoms with E-state index in [0.717, 1.165) is 5.56 Å². The molecule has 126 valence electrons. The van der Waals surface area contributed by atoms with Crippen molar-refractivity contribution in [2.24, 2.45) is 5.10 Å². The number of hydrogen-bond donors (Lipinski definition) is 1. The normalized spacial score (nSPS) is 11.0. The molecule has 1 heterocycles. The van der Waals surface area contributed by atoms with Crippen LogP contribution in [0.15, 0.2) is 53.6 Å². The molecule has 8 heteroatoms. The van der Waals surface area contributed by atoms with Gasteiger partial charge in [0.1, 0.15) is 5.82 Å². The predicted molar refractivity (Wildman–Crippen MR) is 93.6 cm³/mol. The SMILES string of the molecule is COC(=O)c1ccc(/C=N/n2c(-c3ccccc3F)n[nH]c2=S)cc1. The highest BCUT2D eigenvalue weighted by Crippen LogP contribution is 2.20. The lowest BCUT2D eigenvalue weighted by atomic mass is 10.1. The monoisotopic (exact) mass is 356 g/mol. The number of hydrogen-bond acceptors (Lipinski definition) is 5. The van der Waals surface area contributed by atoms with Crippen molar-refractivity contribution in [2.75, 3.05) is 7.11 Å². The average Bonchev–Trinajstić information content (AvgIpc) is 3.00.